The van der Waals surface area contributed by atoms with Crippen LogP contribution in [0.4, 0.5) is 5.69 Å². The van der Waals surface area contributed by atoms with Gasteiger partial charge in [0.2, 0.25) is 11.8 Å². The number of anilines is 1. The zero-order valence-corrected chi connectivity index (χ0v) is 29.4. The molecule has 0 bridgehead atoms. The molecule has 0 saturated heterocycles. The third-order valence-corrected chi connectivity index (χ3v) is 10.3. The van der Waals surface area contributed by atoms with Gasteiger partial charge in [-0.25, -0.2) is 8.42 Å². The van der Waals surface area contributed by atoms with Crippen molar-refractivity contribution >= 4 is 73.3 Å². The Balaban J connectivity index is 1.82. The summed E-state index contributed by atoms with van der Waals surface area (Å²) in [7, 11) is -4.18. The topological polar surface area (TPSA) is 86.8 Å². The number of rotatable bonds is 13. The molecule has 4 aromatic rings. The molecule has 0 aliphatic rings. The number of amides is 2. The van der Waals surface area contributed by atoms with Gasteiger partial charge in [0.05, 0.1) is 10.6 Å². The number of nitrogens with zero attached hydrogens (tertiary/aromatic N) is 2. The summed E-state index contributed by atoms with van der Waals surface area (Å²) in [5.74, 6) is -0.790. The van der Waals surface area contributed by atoms with E-state index < -0.39 is 28.5 Å². The fourth-order valence-corrected chi connectivity index (χ4v) is 7.00. The number of nitrogens with one attached hydrogen (secondary N) is 1. The fourth-order valence-electron chi connectivity index (χ4n) is 4.69. The summed E-state index contributed by atoms with van der Waals surface area (Å²) in [6.45, 7) is 3.67. The summed E-state index contributed by atoms with van der Waals surface area (Å²) in [6.07, 6.45) is 0.188. The lowest BCUT2D eigenvalue weighted by Crippen LogP contribution is -2.53. The predicted molar refractivity (Wildman–Crippen MR) is 189 cm³/mol. The Bertz CT molecular complexity index is 1690. The van der Waals surface area contributed by atoms with Gasteiger partial charge >= 0.3 is 0 Å². The van der Waals surface area contributed by atoms with Gasteiger partial charge in [-0.3, -0.25) is 13.9 Å². The Morgan fingerprint density at radius 1 is 0.822 bits per heavy atom. The van der Waals surface area contributed by atoms with Gasteiger partial charge in [0.15, 0.2) is 0 Å². The van der Waals surface area contributed by atoms with E-state index in [-0.39, 0.29) is 29.7 Å². The van der Waals surface area contributed by atoms with Crippen LogP contribution in [0.2, 0.25) is 10.0 Å². The highest BCUT2D eigenvalue weighted by Crippen LogP contribution is 2.29. The first-order valence-corrected chi connectivity index (χ1v) is 17.6. The highest BCUT2D eigenvalue weighted by atomic mass is 127. The Kier molecular flexibility index (Phi) is 12.3. The fraction of sp³-hybridized carbons (Fsp3) is 0.235. The molecule has 1 unspecified atom stereocenters. The van der Waals surface area contributed by atoms with Gasteiger partial charge in [-0.1, -0.05) is 91.6 Å². The number of carbonyl (C=O) groups excluding carboxylic acids is 2. The molecule has 0 aromatic heterocycles. The van der Waals surface area contributed by atoms with Gasteiger partial charge in [-0.2, -0.15) is 0 Å². The zero-order valence-electron chi connectivity index (χ0n) is 24.9. The Morgan fingerprint density at radius 3 is 1.98 bits per heavy atom. The van der Waals surface area contributed by atoms with E-state index in [0.29, 0.717) is 27.8 Å². The van der Waals surface area contributed by atoms with Crippen molar-refractivity contribution in [2.45, 2.75) is 37.8 Å². The van der Waals surface area contributed by atoms with Crippen LogP contribution in [0.5, 0.6) is 0 Å². The Labute approximate surface area is 288 Å². The van der Waals surface area contributed by atoms with E-state index in [0.717, 1.165) is 13.4 Å². The van der Waals surface area contributed by atoms with Crippen molar-refractivity contribution < 1.29 is 18.0 Å². The molecule has 45 heavy (non-hydrogen) atoms. The SMILES string of the molecule is CC(C)CNC(=O)C(Cc1ccccc1)N(Cc1c(Cl)cccc1Cl)C(=O)CN(c1ccc(I)cc1)S(=O)(=O)c1ccccc1. The summed E-state index contributed by atoms with van der Waals surface area (Å²) in [4.78, 5) is 29.8. The van der Waals surface area contributed by atoms with E-state index in [1.54, 1.807) is 60.7 Å². The molecular weight excluding hydrogens is 744 g/mol. The second-order valence-corrected chi connectivity index (χ2v) is 14.8. The van der Waals surface area contributed by atoms with Crippen LogP contribution in [0.15, 0.2) is 108 Å². The molecule has 0 aliphatic carbocycles. The standard InChI is InChI=1S/C34H34Cl2IN3O4S/c1-24(2)21-38-34(42)32(20-25-10-5-3-6-11-25)39(22-29-30(35)14-9-15-31(29)36)33(41)23-40(27-18-16-26(37)17-19-27)45(43,44)28-12-7-4-8-13-28/h3-19,24,32H,20-23H2,1-2H3,(H,38,42). The van der Waals surface area contributed by atoms with Crippen molar-refractivity contribution in [3.63, 3.8) is 0 Å². The van der Waals surface area contributed by atoms with Gasteiger partial charge in [-0.05, 0) is 82.6 Å². The smallest absolute Gasteiger partial charge is 0.264 e. The Morgan fingerprint density at radius 2 is 1.40 bits per heavy atom. The molecule has 4 rings (SSSR count). The molecule has 1 atom stereocenters. The normalized spacial score (nSPS) is 12.0. The van der Waals surface area contributed by atoms with Crippen LogP contribution >= 0.6 is 45.8 Å². The minimum absolute atomic E-state index is 0.0348. The van der Waals surface area contributed by atoms with Crippen molar-refractivity contribution in [1.29, 1.82) is 0 Å². The van der Waals surface area contributed by atoms with Crippen LogP contribution in [0, 0.1) is 9.49 Å². The Hall–Kier alpha value is -3.12. The molecule has 0 radical (unpaired) electrons. The number of halogens is 3. The van der Waals surface area contributed by atoms with Crippen LogP contribution in [-0.2, 0) is 32.6 Å². The van der Waals surface area contributed by atoms with E-state index in [2.05, 4.69) is 27.9 Å². The third kappa shape index (κ3) is 9.22. The van der Waals surface area contributed by atoms with Gasteiger partial charge in [0, 0.05) is 38.7 Å². The molecule has 0 saturated carbocycles. The minimum Gasteiger partial charge on any atom is -0.354 e. The minimum atomic E-state index is -4.18. The largest absolute Gasteiger partial charge is 0.354 e. The second-order valence-electron chi connectivity index (χ2n) is 10.9. The summed E-state index contributed by atoms with van der Waals surface area (Å²) < 4.78 is 30.1. The first kappa shape index (κ1) is 34.7. The van der Waals surface area contributed by atoms with E-state index in [1.165, 1.54) is 17.0 Å². The molecule has 2 amide bonds. The van der Waals surface area contributed by atoms with E-state index in [4.69, 9.17) is 23.2 Å². The molecule has 0 heterocycles. The van der Waals surface area contributed by atoms with E-state index >= 15 is 0 Å². The lowest BCUT2D eigenvalue weighted by Gasteiger charge is -2.34. The maximum atomic E-state index is 14.5. The quantitative estimate of drug-likeness (QED) is 0.146. The predicted octanol–water partition coefficient (Wildman–Crippen LogP) is 7.21. The van der Waals surface area contributed by atoms with Crippen molar-refractivity contribution in [3.8, 4) is 0 Å². The van der Waals surface area contributed by atoms with E-state index in [9.17, 15) is 18.0 Å². The number of carbonyl (C=O) groups is 2. The van der Waals surface area contributed by atoms with Crippen molar-refractivity contribution in [3.05, 3.63) is 128 Å². The number of hydrogen-bond acceptors (Lipinski definition) is 4. The highest BCUT2D eigenvalue weighted by molar-refractivity contribution is 14.1. The van der Waals surface area contributed by atoms with Crippen molar-refractivity contribution in [2.75, 3.05) is 17.4 Å². The van der Waals surface area contributed by atoms with Crippen LogP contribution in [-0.4, -0.2) is 44.3 Å². The molecule has 0 aliphatic heterocycles. The molecule has 7 nitrogen and oxygen atoms in total. The summed E-state index contributed by atoms with van der Waals surface area (Å²) in [6, 6.07) is 28.2. The summed E-state index contributed by atoms with van der Waals surface area (Å²) in [5.41, 5.74) is 1.60. The first-order valence-electron chi connectivity index (χ1n) is 14.3. The van der Waals surface area contributed by atoms with E-state index in [1.807, 2.05) is 44.2 Å². The maximum absolute atomic E-state index is 14.5. The van der Waals surface area contributed by atoms with Crippen LogP contribution in [0.1, 0.15) is 25.0 Å². The van der Waals surface area contributed by atoms with Gasteiger partial charge < -0.3 is 10.2 Å². The lowest BCUT2D eigenvalue weighted by molar-refractivity contribution is -0.140. The monoisotopic (exact) mass is 777 g/mol. The molecule has 11 heteroatoms. The van der Waals surface area contributed by atoms with Gasteiger partial charge in [-0.15, -0.1) is 0 Å². The van der Waals surface area contributed by atoms with Crippen molar-refractivity contribution in [1.82, 2.24) is 10.2 Å². The van der Waals surface area contributed by atoms with Gasteiger partial charge in [0.1, 0.15) is 12.6 Å². The van der Waals surface area contributed by atoms with Crippen LogP contribution < -0.4 is 9.62 Å². The third-order valence-electron chi connectivity index (χ3n) is 7.07. The molecule has 236 valence electrons. The highest BCUT2D eigenvalue weighted by Gasteiger charge is 2.35. The maximum Gasteiger partial charge on any atom is 0.264 e. The van der Waals surface area contributed by atoms with Gasteiger partial charge in [0.25, 0.3) is 10.0 Å². The number of hydrogen-bond donors (Lipinski definition) is 1. The molecule has 0 spiro atoms. The van der Waals surface area contributed by atoms with Crippen molar-refractivity contribution in [2.24, 2.45) is 5.92 Å². The van der Waals surface area contributed by atoms with Crippen LogP contribution in [0.3, 0.4) is 0 Å². The lowest BCUT2D eigenvalue weighted by atomic mass is 10.0. The number of sulfonamides is 1. The molecule has 1 N–H and O–H groups in total. The van der Waals surface area contributed by atoms with Crippen LogP contribution in [0.25, 0.3) is 0 Å². The average Bonchev–Trinajstić information content (AvgIpc) is 3.03. The first-order chi connectivity index (χ1) is 21.5. The summed E-state index contributed by atoms with van der Waals surface area (Å²) >= 11 is 15.3. The zero-order chi connectivity index (χ0) is 32.6. The number of benzene rings is 4. The summed E-state index contributed by atoms with van der Waals surface area (Å²) in [5, 5.41) is 3.62. The second kappa shape index (κ2) is 15.9. The average molecular weight is 779 g/mol. The molecular formula is C34H34Cl2IN3O4S. The molecule has 0 fully saturated rings. The molecule has 4 aromatic carbocycles.